The topological polar surface area (TPSA) is 113 Å². The molecular weight excluding hydrogens is 509 g/mol. The first-order valence-corrected chi connectivity index (χ1v) is 12.5. The molecule has 0 spiro atoms. The number of rotatable bonds is 5. The highest BCUT2D eigenvalue weighted by Crippen LogP contribution is 2.47. The second-order valence-corrected chi connectivity index (χ2v) is 10.8. The van der Waals surface area contributed by atoms with Crippen LogP contribution in [0.15, 0.2) is 47.5 Å². The van der Waals surface area contributed by atoms with Gasteiger partial charge < -0.3 is 10.6 Å². The smallest absolute Gasteiger partial charge is 0.324 e. The molecule has 4 aromatic rings. The minimum absolute atomic E-state index is 0.0152. The monoisotopic (exact) mass is 534 g/mol. The van der Waals surface area contributed by atoms with Crippen LogP contribution in [0.3, 0.4) is 0 Å². The van der Waals surface area contributed by atoms with Gasteiger partial charge >= 0.3 is 6.18 Å². The predicted octanol–water partition coefficient (Wildman–Crippen LogP) is 4.22. The Morgan fingerprint density at radius 3 is 2.69 bits per heavy atom. The minimum atomic E-state index is -4.66. The number of fused-ring (bicyclic) bond motifs is 2. The van der Waals surface area contributed by atoms with E-state index >= 15 is 0 Å². The van der Waals surface area contributed by atoms with Crippen LogP contribution in [-0.4, -0.2) is 37.0 Å². The molecule has 1 saturated carbocycles. The number of hydrogen-bond donors (Lipinski definition) is 2. The van der Waals surface area contributed by atoms with Crippen molar-refractivity contribution in [1.29, 1.82) is 5.26 Å². The van der Waals surface area contributed by atoms with E-state index in [4.69, 9.17) is 0 Å². The Labute approximate surface area is 221 Å². The van der Waals surface area contributed by atoms with Crippen molar-refractivity contribution in [2.24, 2.45) is 0 Å². The molecule has 1 fully saturated rings. The number of nitriles is 1. The van der Waals surface area contributed by atoms with E-state index in [-0.39, 0.29) is 28.1 Å². The Morgan fingerprint density at radius 2 is 1.97 bits per heavy atom. The fraction of sp³-hybridized carbons (Fsp3) is 0.370. The van der Waals surface area contributed by atoms with Gasteiger partial charge in [-0.05, 0) is 48.2 Å². The molecule has 1 aliphatic heterocycles. The van der Waals surface area contributed by atoms with Gasteiger partial charge in [0.2, 0.25) is 5.95 Å². The first-order chi connectivity index (χ1) is 18.5. The summed E-state index contributed by atoms with van der Waals surface area (Å²) in [5.41, 5.74) is 2.16. The van der Waals surface area contributed by atoms with Crippen LogP contribution in [0.1, 0.15) is 43.5 Å². The highest BCUT2D eigenvalue weighted by molar-refractivity contribution is 5.77. The first kappa shape index (κ1) is 25.1. The molecule has 2 N–H and O–H groups in total. The summed E-state index contributed by atoms with van der Waals surface area (Å²) in [5, 5.41) is 16.1. The highest BCUT2D eigenvalue weighted by Gasteiger charge is 2.46. The second kappa shape index (κ2) is 8.64. The third-order valence-corrected chi connectivity index (χ3v) is 7.42. The van der Waals surface area contributed by atoms with Gasteiger partial charge in [-0.2, -0.15) is 23.4 Å². The van der Waals surface area contributed by atoms with Crippen molar-refractivity contribution in [3.63, 3.8) is 0 Å². The van der Waals surface area contributed by atoms with Gasteiger partial charge in [-0.25, -0.2) is 14.3 Å². The lowest BCUT2D eigenvalue weighted by Gasteiger charge is -2.33. The van der Waals surface area contributed by atoms with Crippen molar-refractivity contribution in [2.45, 2.75) is 56.8 Å². The third-order valence-electron chi connectivity index (χ3n) is 7.42. The molecule has 0 atom stereocenters. The molecule has 6 rings (SSSR count). The van der Waals surface area contributed by atoms with Crippen molar-refractivity contribution in [3.05, 3.63) is 69.9 Å². The molecule has 4 heterocycles. The van der Waals surface area contributed by atoms with Crippen molar-refractivity contribution in [3.8, 4) is 11.8 Å². The van der Waals surface area contributed by atoms with E-state index in [1.54, 1.807) is 6.07 Å². The maximum Gasteiger partial charge on any atom is 0.408 e. The lowest BCUT2D eigenvalue weighted by molar-refractivity contribution is -0.144. The number of alkyl halides is 3. The van der Waals surface area contributed by atoms with Crippen LogP contribution in [0.25, 0.3) is 16.7 Å². The summed E-state index contributed by atoms with van der Waals surface area (Å²) in [4.78, 5) is 26.1. The minimum Gasteiger partial charge on any atom is -0.324 e. The van der Waals surface area contributed by atoms with Crippen LogP contribution in [0.5, 0.6) is 0 Å². The summed E-state index contributed by atoms with van der Waals surface area (Å²) in [5.74, 6) is 0.133. The van der Waals surface area contributed by atoms with Crippen LogP contribution in [0, 0.1) is 11.3 Å². The summed E-state index contributed by atoms with van der Waals surface area (Å²) >= 11 is 0. The lowest BCUT2D eigenvalue weighted by atomic mass is 9.79. The standard InChI is InChI=1S/C27H25F3N8O/c1-25(2)14-32-11-16-9-17(3-4-20(16)25)35-24-34-12-19-22(36-24)38(37(23(19)39)15-27(28,29)30)18-5-8-33-21(10-18)26(13-31)6-7-26/h3-5,8-10,12,32H,6-7,11,14-15H2,1-2H3,(H,34,35,36). The van der Waals surface area contributed by atoms with Crippen molar-refractivity contribution in [2.75, 3.05) is 11.9 Å². The van der Waals surface area contributed by atoms with Gasteiger partial charge in [0.25, 0.3) is 5.56 Å². The molecule has 200 valence electrons. The maximum atomic E-state index is 13.6. The number of pyridine rings is 1. The number of halogens is 3. The zero-order chi connectivity index (χ0) is 27.6. The Kier molecular flexibility index (Phi) is 5.55. The molecule has 9 nitrogen and oxygen atoms in total. The zero-order valence-electron chi connectivity index (χ0n) is 21.3. The second-order valence-electron chi connectivity index (χ2n) is 10.8. The van der Waals surface area contributed by atoms with E-state index in [2.05, 4.69) is 45.5 Å². The van der Waals surface area contributed by atoms with E-state index in [0.717, 1.165) is 16.8 Å². The van der Waals surface area contributed by atoms with Gasteiger partial charge in [-0.1, -0.05) is 19.9 Å². The average Bonchev–Trinajstić information content (AvgIpc) is 3.64. The van der Waals surface area contributed by atoms with E-state index in [1.807, 2.05) is 18.2 Å². The first-order valence-electron chi connectivity index (χ1n) is 12.5. The molecule has 39 heavy (non-hydrogen) atoms. The SMILES string of the molecule is CC1(C)CNCc2cc(Nc3ncc4c(=O)n(CC(F)(F)F)n(-c5ccnc(C6(C#N)CC6)c5)c4n3)ccc21. The van der Waals surface area contributed by atoms with Gasteiger partial charge in [0.1, 0.15) is 11.9 Å². The Morgan fingerprint density at radius 1 is 1.18 bits per heavy atom. The molecule has 2 aliphatic rings. The van der Waals surface area contributed by atoms with Crippen LogP contribution < -0.4 is 16.2 Å². The summed E-state index contributed by atoms with van der Waals surface area (Å²) in [6.07, 6.45) is -0.759. The van der Waals surface area contributed by atoms with Gasteiger partial charge in [-0.15, -0.1) is 0 Å². The van der Waals surface area contributed by atoms with Crippen LogP contribution >= 0.6 is 0 Å². The largest absolute Gasteiger partial charge is 0.408 e. The molecule has 3 aromatic heterocycles. The summed E-state index contributed by atoms with van der Waals surface area (Å²) in [6, 6.07) is 11.2. The molecule has 12 heteroatoms. The van der Waals surface area contributed by atoms with Crippen molar-refractivity contribution >= 4 is 22.7 Å². The van der Waals surface area contributed by atoms with Crippen LogP contribution in [0.4, 0.5) is 24.8 Å². The van der Waals surface area contributed by atoms with E-state index < -0.39 is 23.7 Å². The van der Waals surface area contributed by atoms with E-state index in [1.165, 1.54) is 24.0 Å². The summed E-state index contributed by atoms with van der Waals surface area (Å²) < 4.78 is 42.4. The maximum absolute atomic E-state index is 13.6. The van der Waals surface area contributed by atoms with Crippen molar-refractivity contribution < 1.29 is 13.2 Å². The predicted molar refractivity (Wildman–Crippen MR) is 138 cm³/mol. The quantitative estimate of drug-likeness (QED) is 0.394. The van der Waals surface area contributed by atoms with Gasteiger partial charge in [0.15, 0.2) is 5.65 Å². The number of nitrogens with zero attached hydrogens (tertiary/aromatic N) is 6. The Bertz CT molecular complexity index is 1710. The molecule has 1 aromatic carbocycles. The molecule has 1 aliphatic carbocycles. The summed E-state index contributed by atoms with van der Waals surface area (Å²) in [6.45, 7) is 4.39. The van der Waals surface area contributed by atoms with Crippen LogP contribution in [-0.2, 0) is 23.9 Å². The molecule has 0 saturated heterocycles. The van der Waals surface area contributed by atoms with E-state index in [0.29, 0.717) is 35.4 Å². The normalized spacial score (nSPS) is 17.4. The molecular formula is C27H25F3N8O. The number of nitrogens with one attached hydrogen (secondary N) is 2. The third kappa shape index (κ3) is 4.42. The molecule has 0 bridgehead atoms. The van der Waals surface area contributed by atoms with Gasteiger partial charge in [0.05, 0.1) is 22.9 Å². The Hall–Kier alpha value is -4.24. The number of benzene rings is 1. The van der Waals surface area contributed by atoms with E-state index in [9.17, 15) is 23.2 Å². The fourth-order valence-corrected chi connectivity index (χ4v) is 5.24. The summed E-state index contributed by atoms with van der Waals surface area (Å²) in [7, 11) is 0. The highest BCUT2D eigenvalue weighted by atomic mass is 19.4. The number of anilines is 2. The number of aromatic nitrogens is 5. The molecule has 0 unspecified atom stereocenters. The van der Waals surface area contributed by atoms with Gasteiger partial charge in [-0.3, -0.25) is 9.78 Å². The van der Waals surface area contributed by atoms with Gasteiger partial charge in [0, 0.05) is 36.6 Å². The number of hydrogen-bond acceptors (Lipinski definition) is 7. The fourth-order valence-electron chi connectivity index (χ4n) is 5.24. The Balaban J connectivity index is 1.46. The molecule has 0 radical (unpaired) electrons. The lowest BCUT2D eigenvalue weighted by Crippen LogP contribution is -2.38. The molecule has 0 amide bonds. The average molecular weight is 535 g/mol. The van der Waals surface area contributed by atoms with Crippen molar-refractivity contribution in [1.82, 2.24) is 29.6 Å². The zero-order valence-corrected chi connectivity index (χ0v) is 21.3. The van der Waals surface area contributed by atoms with Crippen LogP contribution in [0.2, 0.25) is 0 Å².